The van der Waals surface area contributed by atoms with E-state index < -0.39 is 23.8 Å². The molecule has 9 nitrogen and oxygen atoms in total. The summed E-state index contributed by atoms with van der Waals surface area (Å²) in [6, 6.07) is 17.6. The van der Waals surface area contributed by atoms with Gasteiger partial charge in [0.2, 0.25) is 11.8 Å². The Labute approximate surface area is 195 Å². The third-order valence-electron chi connectivity index (χ3n) is 5.28. The van der Waals surface area contributed by atoms with E-state index in [4.69, 9.17) is 9.15 Å². The number of imide groups is 1. The fraction of sp³-hybridized carbons (Fsp3) is 0.200. The molecule has 1 saturated heterocycles. The maximum atomic E-state index is 13.3. The molecule has 2 heterocycles. The van der Waals surface area contributed by atoms with E-state index >= 15 is 0 Å². The van der Waals surface area contributed by atoms with Gasteiger partial charge in [0, 0.05) is 12.6 Å². The van der Waals surface area contributed by atoms with Crippen molar-refractivity contribution in [1.82, 2.24) is 4.90 Å². The quantitative estimate of drug-likeness (QED) is 0.517. The van der Waals surface area contributed by atoms with Gasteiger partial charge in [0.1, 0.15) is 17.6 Å². The number of furan rings is 1. The van der Waals surface area contributed by atoms with E-state index in [2.05, 4.69) is 5.32 Å². The van der Waals surface area contributed by atoms with Gasteiger partial charge in [0.25, 0.3) is 11.8 Å². The number of amides is 4. The van der Waals surface area contributed by atoms with Crippen LogP contribution in [0, 0.1) is 0 Å². The zero-order chi connectivity index (χ0) is 24.1. The first-order valence-electron chi connectivity index (χ1n) is 10.7. The van der Waals surface area contributed by atoms with Gasteiger partial charge >= 0.3 is 0 Å². The molecule has 4 rings (SSSR count). The van der Waals surface area contributed by atoms with Crippen LogP contribution in [-0.2, 0) is 25.7 Å². The maximum Gasteiger partial charge on any atom is 0.261 e. The highest BCUT2D eigenvalue weighted by Crippen LogP contribution is 2.28. The van der Waals surface area contributed by atoms with Crippen molar-refractivity contribution in [2.24, 2.45) is 0 Å². The molecule has 1 aliphatic heterocycles. The Kier molecular flexibility index (Phi) is 6.72. The van der Waals surface area contributed by atoms with Gasteiger partial charge in [-0.1, -0.05) is 18.2 Å². The molecular formula is C25H23N3O6. The van der Waals surface area contributed by atoms with Crippen molar-refractivity contribution in [3.63, 3.8) is 0 Å². The summed E-state index contributed by atoms with van der Waals surface area (Å²) in [5.41, 5.74) is 0.900. The van der Waals surface area contributed by atoms with Crippen LogP contribution in [0.25, 0.3) is 0 Å². The van der Waals surface area contributed by atoms with Gasteiger partial charge in [-0.25, -0.2) is 4.90 Å². The summed E-state index contributed by atoms with van der Waals surface area (Å²) in [6.07, 6.45) is 1.31. The van der Waals surface area contributed by atoms with Crippen LogP contribution in [0.2, 0.25) is 0 Å². The van der Waals surface area contributed by atoms with E-state index in [1.54, 1.807) is 60.7 Å². The third-order valence-corrected chi connectivity index (χ3v) is 5.28. The molecule has 1 aliphatic rings. The van der Waals surface area contributed by atoms with Crippen LogP contribution in [0.15, 0.2) is 77.4 Å². The highest BCUT2D eigenvalue weighted by molar-refractivity contribution is 6.23. The lowest BCUT2D eigenvalue weighted by Gasteiger charge is -2.27. The van der Waals surface area contributed by atoms with Gasteiger partial charge in [-0.2, -0.15) is 0 Å². The SMILES string of the molecule is CC(=O)Nc1ccc(N2C(=O)CC(N(Cc3ccco3)C(=O)COc3ccccc3)C2=O)cc1. The average Bonchev–Trinajstić information content (AvgIpc) is 3.44. The lowest BCUT2D eigenvalue weighted by atomic mass is 10.2. The summed E-state index contributed by atoms with van der Waals surface area (Å²) in [5.74, 6) is -0.629. The molecule has 34 heavy (non-hydrogen) atoms. The number of nitrogens with one attached hydrogen (secondary N) is 1. The van der Waals surface area contributed by atoms with Gasteiger partial charge in [-0.05, 0) is 48.5 Å². The van der Waals surface area contributed by atoms with Gasteiger partial charge in [-0.15, -0.1) is 0 Å². The summed E-state index contributed by atoms with van der Waals surface area (Å²) in [4.78, 5) is 52.8. The second-order valence-corrected chi connectivity index (χ2v) is 7.72. The number of nitrogens with zero attached hydrogens (tertiary/aromatic N) is 2. The van der Waals surface area contributed by atoms with Crippen LogP contribution in [0.3, 0.4) is 0 Å². The van der Waals surface area contributed by atoms with Crippen molar-refractivity contribution in [2.45, 2.75) is 25.9 Å². The lowest BCUT2D eigenvalue weighted by Crippen LogP contribution is -2.46. The molecule has 2 aromatic carbocycles. The maximum absolute atomic E-state index is 13.3. The minimum atomic E-state index is -1.00. The smallest absolute Gasteiger partial charge is 0.261 e. The molecule has 0 aliphatic carbocycles. The molecule has 9 heteroatoms. The van der Waals surface area contributed by atoms with E-state index in [-0.39, 0.29) is 25.5 Å². The molecule has 1 atom stereocenters. The van der Waals surface area contributed by atoms with Gasteiger partial charge in [0.05, 0.1) is 24.9 Å². The predicted octanol–water partition coefficient (Wildman–Crippen LogP) is 2.98. The molecule has 0 radical (unpaired) electrons. The molecule has 174 valence electrons. The van der Waals surface area contributed by atoms with E-state index in [1.165, 1.54) is 18.1 Å². The predicted molar refractivity (Wildman–Crippen MR) is 123 cm³/mol. The molecular weight excluding hydrogens is 438 g/mol. The van der Waals surface area contributed by atoms with Crippen molar-refractivity contribution in [3.8, 4) is 5.75 Å². The summed E-state index contributed by atoms with van der Waals surface area (Å²) >= 11 is 0. The van der Waals surface area contributed by atoms with Crippen molar-refractivity contribution < 1.29 is 28.3 Å². The second-order valence-electron chi connectivity index (χ2n) is 7.72. The van der Waals surface area contributed by atoms with E-state index in [0.717, 1.165) is 4.90 Å². The van der Waals surface area contributed by atoms with Crippen LogP contribution in [-0.4, -0.2) is 41.2 Å². The molecule has 3 aromatic rings. The number of hydrogen-bond donors (Lipinski definition) is 1. The van der Waals surface area contributed by atoms with Gasteiger partial charge < -0.3 is 19.4 Å². The fourth-order valence-electron chi connectivity index (χ4n) is 3.72. The Balaban J connectivity index is 1.53. The number of carbonyl (C=O) groups is 4. The largest absolute Gasteiger partial charge is 0.484 e. The number of ether oxygens (including phenoxy) is 1. The molecule has 0 spiro atoms. The minimum Gasteiger partial charge on any atom is -0.484 e. The summed E-state index contributed by atoms with van der Waals surface area (Å²) in [6.45, 7) is 1.11. The average molecular weight is 461 g/mol. The number of anilines is 2. The summed E-state index contributed by atoms with van der Waals surface area (Å²) < 4.78 is 11.0. The van der Waals surface area contributed by atoms with E-state index in [1.807, 2.05) is 6.07 Å². The number of benzene rings is 2. The normalized spacial score (nSPS) is 15.3. The van der Waals surface area contributed by atoms with Crippen molar-refractivity contribution in [1.29, 1.82) is 0 Å². The Hall–Kier alpha value is -4.40. The third kappa shape index (κ3) is 5.15. The van der Waals surface area contributed by atoms with Crippen molar-refractivity contribution in [3.05, 3.63) is 78.8 Å². The Morgan fingerprint density at radius 1 is 1.06 bits per heavy atom. The van der Waals surface area contributed by atoms with Crippen molar-refractivity contribution in [2.75, 3.05) is 16.8 Å². The van der Waals surface area contributed by atoms with Crippen LogP contribution in [0.5, 0.6) is 5.75 Å². The molecule has 1 N–H and O–H groups in total. The summed E-state index contributed by atoms with van der Waals surface area (Å²) in [7, 11) is 0. The van der Waals surface area contributed by atoms with Gasteiger partial charge in [0.15, 0.2) is 6.61 Å². The summed E-state index contributed by atoms with van der Waals surface area (Å²) in [5, 5.41) is 2.63. The number of hydrogen-bond acceptors (Lipinski definition) is 6. The molecule has 0 bridgehead atoms. The topological polar surface area (TPSA) is 109 Å². The van der Waals surface area contributed by atoms with E-state index in [9.17, 15) is 19.2 Å². The molecule has 1 unspecified atom stereocenters. The van der Waals surface area contributed by atoms with Crippen LogP contribution in [0.4, 0.5) is 11.4 Å². The lowest BCUT2D eigenvalue weighted by molar-refractivity contribution is -0.141. The minimum absolute atomic E-state index is 0.0168. The molecule has 1 fully saturated rings. The van der Waals surface area contributed by atoms with E-state index in [0.29, 0.717) is 22.9 Å². The highest BCUT2D eigenvalue weighted by atomic mass is 16.5. The first kappa shape index (κ1) is 22.8. The van der Waals surface area contributed by atoms with Crippen LogP contribution >= 0.6 is 0 Å². The number of para-hydroxylation sites is 1. The number of carbonyl (C=O) groups excluding carboxylic acids is 4. The van der Waals surface area contributed by atoms with Crippen LogP contribution < -0.4 is 15.0 Å². The highest BCUT2D eigenvalue weighted by Gasteiger charge is 2.44. The Morgan fingerprint density at radius 2 is 1.79 bits per heavy atom. The fourth-order valence-corrected chi connectivity index (χ4v) is 3.72. The zero-order valence-corrected chi connectivity index (χ0v) is 18.5. The zero-order valence-electron chi connectivity index (χ0n) is 18.5. The monoisotopic (exact) mass is 461 g/mol. The molecule has 4 amide bonds. The molecule has 0 saturated carbocycles. The molecule has 1 aromatic heterocycles. The Bertz CT molecular complexity index is 1180. The Morgan fingerprint density at radius 3 is 2.44 bits per heavy atom. The van der Waals surface area contributed by atoms with Gasteiger partial charge in [-0.3, -0.25) is 19.2 Å². The first-order valence-corrected chi connectivity index (χ1v) is 10.7. The number of rotatable bonds is 8. The second kappa shape index (κ2) is 10.0. The standard InChI is InChI=1S/C25H23N3O6/c1-17(29)26-18-9-11-19(12-10-18)28-23(30)14-22(25(28)32)27(15-21-8-5-13-33-21)24(31)16-34-20-6-3-2-4-7-20/h2-13,22H,14-16H2,1H3,(H,26,29). The van der Waals surface area contributed by atoms with Crippen LogP contribution in [0.1, 0.15) is 19.1 Å². The first-order chi connectivity index (χ1) is 16.4. The van der Waals surface area contributed by atoms with Crippen molar-refractivity contribution >= 4 is 35.0 Å².